The summed E-state index contributed by atoms with van der Waals surface area (Å²) in [5.41, 5.74) is 1.50. The van der Waals surface area contributed by atoms with Gasteiger partial charge in [0.2, 0.25) is 5.39 Å². The predicted molar refractivity (Wildman–Crippen MR) is 51.3 cm³/mol. The lowest BCUT2D eigenvalue weighted by Gasteiger charge is -1.92. The van der Waals surface area contributed by atoms with Gasteiger partial charge in [-0.3, -0.25) is 0 Å². The quantitative estimate of drug-likeness (QED) is 0.657. The molecule has 0 heterocycles. The number of halogens is 3. The zero-order valence-corrected chi connectivity index (χ0v) is 10.1. The van der Waals surface area contributed by atoms with Crippen LogP contribution in [0.1, 0.15) is 5.56 Å². The Morgan fingerprint density at radius 1 is 1.33 bits per heavy atom. The summed E-state index contributed by atoms with van der Waals surface area (Å²) in [6, 6.07) is 3.78. The summed E-state index contributed by atoms with van der Waals surface area (Å²) in [5.74, 6) is 0. The van der Waals surface area contributed by atoms with E-state index in [1.54, 1.807) is 0 Å². The fraction of sp³-hybridized carbons (Fsp3) is 0.143. The second-order valence-corrected chi connectivity index (χ2v) is 3.77. The molecular formula is C7H5Br2ClN2. The van der Waals surface area contributed by atoms with E-state index in [9.17, 15) is 0 Å². The molecule has 0 aliphatic heterocycles. The van der Waals surface area contributed by atoms with E-state index in [2.05, 4.69) is 36.8 Å². The molecule has 0 aliphatic rings. The molecule has 1 rings (SSSR count). The smallest absolute Gasteiger partial charge is 0.403 e. The predicted octanol–water partition coefficient (Wildman–Crippen LogP) is 1.01. The molecule has 5 heteroatoms. The van der Waals surface area contributed by atoms with Gasteiger partial charge in [0.1, 0.15) is 4.47 Å². The molecule has 1 aromatic rings. The van der Waals surface area contributed by atoms with Gasteiger partial charge in [0.25, 0.3) is 0 Å². The van der Waals surface area contributed by atoms with Crippen LogP contribution in [0.2, 0.25) is 0 Å². The van der Waals surface area contributed by atoms with Crippen molar-refractivity contribution in [1.29, 1.82) is 5.39 Å². The van der Waals surface area contributed by atoms with Gasteiger partial charge in [0.15, 0.2) is 4.98 Å². The SMILES string of the molecule is Cc1ccc(Br)c(Br)c1[N+]#N.[Cl-]. The summed E-state index contributed by atoms with van der Waals surface area (Å²) in [5, 5.41) is 8.60. The molecule has 0 saturated carbocycles. The fourth-order valence-electron chi connectivity index (χ4n) is 0.759. The van der Waals surface area contributed by atoms with Crippen LogP contribution in [0.15, 0.2) is 21.1 Å². The molecule has 1 aromatic carbocycles. The first-order valence-corrected chi connectivity index (χ1v) is 4.55. The van der Waals surface area contributed by atoms with Crippen LogP contribution < -0.4 is 12.4 Å². The van der Waals surface area contributed by atoms with E-state index in [-0.39, 0.29) is 12.4 Å². The van der Waals surface area contributed by atoms with E-state index in [0.717, 1.165) is 14.5 Å². The third kappa shape index (κ3) is 2.19. The maximum Gasteiger partial charge on any atom is 0.403 e. The Labute approximate surface area is 93.6 Å². The van der Waals surface area contributed by atoms with Gasteiger partial charge in [0.05, 0.1) is 0 Å². The third-order valence-corrected chi connectivity index (χ3v) is 3.37. The molecule has 0 fully saturated rings. The Balaban J connectivity index is 0.00000121. The highest BCUT2D eigenvalue weighted by Gasteiger charge is 2.17. The fourth-order valence-corrected chi connectivity index (χ4v) is 1.60. The third-order valence-electron chi connectivity index (χ3n) is 1.37. The Morgan fingerprint density at radius 2 is 1.92 bits per heavy atom. The minimum atomic E-state index is 0. The molecule has 0 unspecified atom stereocenters. The average molecular weight is 312 g/mol. The van der Waals surface area contributed by atoms with Crippen molar-refractivity contribution >= 4 is 37.5 Å². The van der Waals surface area contributed by atoms with Crippen molar-refractivity contribution < 1.29 is 12.4 Å². The Hall–Kier alpha value is -0.110. The van der Waals surface area contributed by atoms with Gasteiger partial charge in [-0.15, -0.1) is 0 Å². The van der Waals surface area contributed by atoms with Crippen LogP contribution in [0.5, 0.6) is 0 Å². The molecule has 64 valence electrons. The molecule has 0 radical (unpaired) electrons. The van der Waals surface area contributed by atoms with Crippen LogP contribution in [0.4, 0.5) is 5.69 Å². The van der Waals surface area contributed by atoms with E-state index in [1.165, 1.54) is 0 Å². The lowest BCUT2D eigenvalue weighted by Crippen LogP contribution is -3.00. The van der Waals surface area contributed by atoms with Crippen LogP contribution in [-0.2, 0) is 0 Å². The van der Waals surface area contributed by atoms with E-state index >= 15 is 0 Å². The molecule has 0 N–H and O–H groups in total. The first-order chi connectivity index (χ1) is 5.16. The minimum Gasteiger partial charge on any atom is -1.00 e. The first kappa shape index (κ1) is 11.9. The molecule has 0 aliphatic carbocycles. The number of hydrogen-bond donors (Lipinski definition) is 0. The van der Waals surface area contributed by atoms with Crippen molar-refractivity contribution in [3.63, 3.8) is 0 Å². The van der Waals surface area contributed by atoms with Crippen molar-refractivity contribution in [2.45, 2.75) is 6.92 Å². The van der Waals surface area contributed by atoms with Crippen molar-refractivity contribution in [1.82, 2.24) is 0 Å². The molecule has 0 amide bonds. The molecule has 0 atom stereocenters. The van der Waals surface area contributed by atoms with Crippen molar-refractivity contribution in [2.75, 3.05) is 0 Å². The second-order valence-electron chi connectivity index (χ2n) is 2.13. The number of aryl methyl sites for hydroxylation is 1. The summed E-state index contributed by atoms with van der Waals surface area (Å²) in [7, 11) is 0. The molecule has 12 heavy (non-hydrogen) atoms. The second kappa shape index (κ2) is 4.80. The van der Waals surface area contributed by atoms with Crippen molar-refractivity contribution in [3.05, 3.63) is 31.6 Å². The summed E-state index contributed by atoms with van der Waals surface area (Å²) in [6.07, 6.45) is 0. The molecule has 0 saturated heterocycles. The van der Waals surface area contributed by atoms with Crippen LogP contribution in [0.3, 0.4) is 0 Å². The average Bonchev–Trinajstić information content (AvgIpc) is 1.99. The number of rotatable bonds is 0. The molecule has 0 bridgehead atoms. The molecule has 2 nitrogen and oxygen atoms in total. The monoisotopic (exact) mass is 310 g/mol. The van der Waals surface area contributed by atoms with Crippen LogP contribution in [0, 0.1) is 12.3 Å². The normalized spacial score (nSPS) is 8.50. The van der Waals surface area contributed by atoms with E-state index in [1.807, 2.05) is 19.1 Å². The number of benzene rings is 1. The summed E-state index contributed by atoms with van der Waals surface area (Å²) >= 11 is 6.59. The van der Waals surface area contributed by atoms with Crippen molar-refractivity contribution in [2.24, 2.45) is 0 Å². The Kier molecular flexibility index (Phi) is 4.76. The summed E-state index contributed by atoms with van der Waals surface area (Å²) in [4.78, 5) is 3.15. The highest BCUT2D eigenvalue weighted by molar-refractivity contribution is 9.13. The molecule has 0 spiro atoms. The standard InChI is InChI=1S/C7H5Br2N2.ClH/c1-4-2-3-5(8)6(9)7(4)11-10;/h2-3H,1H3;1H/q+1;/p-1. The zero-order chi connectivity index (χ0) is 8.43. The van der Waals surface area contributed by atoms with E-state index in [4.69, 9.17) is 5.39 Å². The van der Waals surface area contributed by atoms with Gasteiger partial charge in [0, 0.05) is 10.0 Å². The van der Waals surface area contributed by atoms with Gasteiger partial charge in [-0.1, -0.05) is 6.07 Å². The first-order valence-electron chi connectivity index (χ1n) is 2.96. The number of hydrogen-bond acceptors (Lipinski definition) is 1. The topological polar surface area (TPSA) is 28.1 Å². The Bertz CT molecular complexity index is 333. The number of nitrogens with zero attached hydrogens (tertiary/aromatic N) is 2. The van der Waals surface area contributed by atoms with Gasteiger partial charge in [-0.2, -0.15) is 0 Å². The summed E-state index contributed by atoms with van der Waals surface area (Å²) < 4.78 is 1.66. The highest BCUT2D eigenvalue weighted by Crippen LogP contribution is 2.35. The zero-order valence-electron chi connectivity index (χ0n) is 6.18. The van der Waals surface area contributed by atoms with E-state index in [0.29, 0.717) is 5.69 Å². The maximum absolute atomic E-state index is 8.60. The molecule has 0 aromatic heterocycles. The van der Waals surface area contributed by atoms with Crippen LogP contribution in [-0.4, -0.2) is 0 Å². The summed E-state index contributed by atoms with van der Waals surface area (Å²) in [6.45, 7) is 1.88. The van der Waals surface area contributed by atoms with Gasteiger partial charge >= 0.3 is 5.69 Å². The van der Waals surface area contributed by atoms with Gasteiger partial charge < -0.3 is 12.4 Å². The largest absolute Gasteiger partial charge is 1.00 e. The van der Waals surface area contributed by atoms with Crippen LogP contribution in [0.25, 0.3) is 4.98 Å². The Morgan fingerprint density at radius 3 is 2.33 bits per heavy atom. The lowest BCUT2D eigenvalue weighted by atomic mass is 10.2. The highest BCUT2D eigenvalue weighted by atomic mass is 79.9. The van der Waals surface area contributed by atoms with Gasteiger partial charge in [-0.05, 0) is 44.8 Å². The van der Waals surface area contributed by atoms with Gasteiger partial charge in [-0.25, -0.2) is 0 Å². The van der Waals surface area contributed by atoms with Crippen LogP contribution >= 0.6 is 31.9 Å². The lowest BCUT2D eigenvalue weighted by molar-refractivity contribution is -0.00000228. The minimum absolute atomic E-state index is 0. The number of diazo groups is 1. The molecular weight excluding hydrogens is 307 g/mol. The van der Waals surface area contributed by atoms with Crippen molar-refractivity contribution in [3.8, 4) is 0 Å². The van der Waals surface area contributed by atoms with E-state index < -0.39 is 0 Å². The maximum atomic E-state index is 8.60.